The zero-order chi connectivity index (χ0) is 11.1. The average molecular weight is 202 g/mol. The lowest BCUT2D eigenvalue weighted by molar-refractivity contribution is -0.137. The summed E-state index contributed by atoms with van der Waals surface area (Å²) in [6, 6.07) is 0.134. The molecular weight excluding hydrogens is 180 g/mol. The van der Waals surface area contributed by atoms with Gasteiger partial charge in [-0.2, -0.15) is 0 Å². The quantitative estimate of drug-likeness (QED) is 0.646. The molecule has 14 heavy (non-hydrogen) atoms. The number of carbonyl (C=O) groups is 1. The number of hydrogen-bond donors (Lipinski definition) is 2. The fraction of sp³-hybridized carbons (Fsp3) is 0.900. The van der Waals surface area contributed by atoms with E-state index in [1.165, 1.54) is 0 Å². The molecule has 0 aromatic rings. The van der Waals surface area contributed by atoms with E-state index < -0.39 is 0 Å². The van der Waals surface area contributed by atoms with Crippen LogP contribution in [-0.4, -0.2) is 41.7 Å². The zero-order valence-electron chi connectivity index (χ0n) is 9.36. The predicted octanol–water partition coefficient (Wildman–Crippen LogP) is 0.201. The van der Waals surface area contributed by atoms with Gasteiger partial charge in [-0.15, -0.1) is 0 Å². The first kappa shape index (κ1) is 13.4. The van der Waals surface area contributed by atoms with Crippen molar-refractivity contribution in [1.29, 1.82) is 0 Å². The van der Waals surface area contributed by atoms with Gasteiger partial charge < -0.3 is 15.7 Å². The first-order valence-electron chi connectivity index (χ1n) is 5.16. The summed E-state index contributed by atoms with van der Waals surface area (Å²) in [6.07, 6.45) is 0.702. The number of rotatable bonds is 6. The van der Waals surface area contributed by atoms with Gasteiger partial charge in [0.15, 0.2) is 0 Å². The fourth-order valence-electron chi connectivity index (χ4n) is 1.39. The molecule has 0 rings (SSSR count). The van der Waals surface area contributed by atoms with Crippen molar-refractivity contribution in [2.45, 2.75) is 33.2 Å². The first-order chi connectivity index (χ1) is 6.54. The standard InChI is InChI=1S/C10H22N2O2/c1-8(2)12(6-7-13)10(14)9(3)4-5-11/h8-9,13H,4-7,11H2,1-3H3. The van der Waals surface area contributed by atoms with Crippen LogP contribution in [0.1, 0.15) is 27.2 Å². The number of amides is 1. The molecule has 4 heteroatoms. The molecule has 0 bridgehead atoms. The second-order valence-electron chi connectivity index (χ2n) is 3.83. The van der Waals surface area contributed by atoms with Gasteiger partial charge in [0.1, 0.15) is 0 Å². The molecule has 0 aliphatic heterocycles. The Hall–Kier alpha value is -0.610. The summed E-state index contributed by atoms with van der Waals surface area (Å²) in [6.45, 7) is 6.72. The van der Waals surface area contributed by atoms with Crippen LogP contribution in [0.15, 0.2) is 0 Å². The van der Waals surface area contributed by atoms with E-state index in [1.807, 2.05) is 20.8 Å². The molecule has 0 aromatic carbocycles. The second-order valence-corrected chi connectivity index (χ2v) is 3.83. The molecule has 84 valence electrons. The molecule has 0 aromatic heterocycles. The maximum atomic E-state index is 11.8. The lowest BCUT2D eigenvalue weighted by Gasteiger charge is -2.28. The molecule has 4 nitrogen and oxygen atoms in total. The number of aliphatic hydroxyl groups is 1. The fourth-order valence-corrected chi connectivity index (χ4v) is 1.39. The lowest BCUT2D eigenvalue weighted by atomic mass is 10.1. The van der Waals surface area contributed by atoms with Gasteiger partial charge in [0, 0.05) is 18.5 Å². The topological polar surface area (TPSA) is 66.6 Å². The number of carbonyl (C=O) groups excluding carboxylic acids is 1. The minimum Gasteiger partial charge on any atom is -0.395 e. The third kappa shape index (κ3) is 4.07. The number of hydrogen-bond acceptors (Lipinski definition) is 3. The van der Waals surface area contributed by atoms with Crippen LogP contribution in [0.3, 0.4) is 0 Å². The lowest BCUT2D eigenvalue weighted by Crippen LogP contribution is -2.42. The summed E-state index contributed by atoms with van der Waals surface area (Å²) in [4.78, 5) is 13.5. The highest BCUT2D eigenvalue weighted by Crippen LogP contribution is 2.09. The second kappa shape index (κ2) is 6.79. The molecule has 0 fully saturated rings. The summed E-state index contributed by atoms with van der Waals surface area (Å²) < 4.78 is 0. The SMILES string of the molecule is CC(CCN)C(=O)N(CCO)C(C)C. The van der Waals surface area contributed by atoms with Crippen LogP contribution in [0.2, 0.25) is 0 Å². The molecule has 1 unspecified atom stereocenters. The first-order valence-corrected chi connectivity index (χ1v) is 5.16. The molecule has 0 saturated heterocycles. The van der Waals surface area contributed by atoms with Gasteiger partial charge in [0.2, 0.25) is 5.91 Å². The van der Waals surface area contributed by atoms with E-state index >= 15 is 0 Å². The van der Waals surface area contributed by atoms with E-state index in [0.29, 0.717) is 19.5 Å². The Labute approximate surface area is 86.1 Å². The van der Waals surface area contributed by atoms with Gasteiger partial charge in [0.05, 0.1) is 6.61 Å². The molecule has 3 N–H and O–H groups in total. The molecule has 0 saturated carbocycles. The van der Waals surface area contributed by atoms with Crippen molar-refractivity contribution in [2.75, 3.05) is 19.7 Å². The summed E-state index contributed by atoms with van der Waals surface area (Å²) in [5.41, 5.74) is 5.40. The van der Waals surface area contributed by atoms with Crippen molar-refractivity contribution in [1.82, 2.24) is 4.90 Å². The van der Waals surface area contributed by atoms with Gasteiger partial charge in [0.25, 0.3) is 0 Å². The van der Waals surface area contributed by atoms with E-state index in [9.17, 15) is 4.79 Å². The molecule has 0 heterocycles. The van der Waals surface area contributed by atoms with Crippen molar-refractivity contribution in [2.24, 2.45) is 11.7 Å². The summed E-state index contributed by atoms with van der Waals surface area (Å²) >= 11 is 0. The Balaban J connectivity index is 4.27. The predicted molar refractivity (Wildman–Crippen MR) is 56.8 cm³/mol. The van der Waals surface area contributed by atoms with Crippen molar-refractivity contribution in [3.63, 3.8) is 0 Å². The molecule has 0 radical (unpaired) electrons. The molecule has 1 atom stereocenters. The molecule has 0 aliphatic carbocycles. The highest BCUT2D eigenvalue weighted by Gasteiger charge is 2.21. The van der Waals surface area contributed by atoms with Crippen molar-refractivity contribution in [3.05, 3.63) is 0 Å². The molecule has 1 amide bonds. The summed E-state index contributed by atoms with van der Waals surface area (Å²) in [5.74, 6) is 0.0356. The van der Waals surface area contributed by atoms with Gasteiger partial charge >= 0.3 is 0 Å². The normalized spacial score (nSPS) is 13.0. The number of nitrogens with zero attached hydrogens (tertiary/aromatic N) is 1. The van der Waals surface area contributed by atoms with Crippen molar-refractivity contribution in [3.8, 4) is 0 Å². The monoisotopic (exact) mass is 202 g/mol. The van der Waals surface area contributed by atoms with Crippen LogP contribution in [-0.2, 0) is 4.79 Å². The smallest absolute Gasteiger partial charge is 0.225 e. The zero-order valence-corrected chi connectivity index (χ0v) is 9.36. The van der Waals surface area contributed by atoms with Crippen LogP contribution in [0, 0.1) is 5.92 Å². The summed E-state index contributed by atoms with van der Waals surface area (Å²) in [7, 11) is 0. The van der Waals surface area contributed by atoms with E-state index in [-0.39, 0.29) is 24.5 Å². The van der Waals surface area contributed by atoms with Crippen LogP contribution < -0.4 is 5.73 Å². The molecular formula is C10H22N2O2. The third-order valence-corrected chi connectivity index (χ3v) is 2.27. The third-order valence-electron chi connectivity index (χ3n) is 2.27. The van der Waals surface area contributed by atoms with Gasteiger partial charge in [-0.3, -0.25) is 4.79 Å². The van der Waals surface area contributed by atoms with E-state index in [4.69, 9.17) is 10.8 Å². The van der Waals surface area contributed by atoms with Crippen LogP contribution in [0.25, 0.3) is 0 Å². The largest absolute Gasteiger partial charge is 0.395 e. The Kier molecular flexibility index (Phi) is 6.49. The van der Waals surface area contributed by atoms with Gasteiger partial charge in [-0.1, -0.05) is 6.92 Å². The average Bonchev–Trinajstić information content (AvgIpc) is 2.13. The Bertz CT molecular complexity index is 172. The van der Waals surface area contributed by atoms with Crippen LogP contribution >= 0.6 is 0 Å². The van der Waals surface area contributed by atoms with Gasteiger partial charge in [-0.05, 0) is 26.8 Å². The Morgan fingerprint density at radius 1 is 1.43 bits per heavy atom. The maximum Gasteiger partial charge on any atom is 0.225 e. The highest BCUT2D eigenvalue weighted by atomic mass is 16.3. The van der Waals surface area contributed by atoms with E-state index in [1.54, 1.807) is 4.90 Å². The molecule has 0 spiro atoms. The molecule has 0 aliphatic rings. The van der Waals surface area contributed by atoms with Crippen LogP contribution in [0.4, 0.5) is 0 Å². The van der Waals surface area contributed by atoms with Crippen molar-refractivity contribution < 1.29 is 9.90 Å². The van der Waals surface area contributed by atoms with E-state index in [2.05, 4.69) is 0 Å². The van der Waals surface area contributed by atoms with Crippen LogP contribution in [0.5, 0.6) is 0 Å². The minimum absolute atomic E-state index is 0.0132. The maximum absolute atomic E-state index is 11.8. The number of aliphatic hydroxyl groups excluding tert-OH is 1. The Morgan fingerprint density at radius 2 is 2.00 bits per heavy atom. The van der Waals surface area contributed by atoms with Gasteiger partial charge in [-0.25, -0.2) is 0 Å². The summed E-state index contributed by atoms with van der Waals surface area (Å²) in [5, 5.41) is 8.83. The number of nitrogens with two attached hydrogens (primary N) is 1. The minimum atomic E-state index is -0.0473. The Morgan fingerprint density at radius 3 is 2.36 bits per heavy atom. The van der Waals surface area contributed by atoms with E-state index in [0.717, 1.165) is 0 Å². The highest BCUT2D eigenvalue weighted by molar-refractivity contribution is 5.78. The van der Waals surface area contributed by atoms with Crippen molar-refractivity contribution >= 4 is 5.91 Å².